The van der Waals surface area contributed by atoms with E-state index in [1.807, 2.05) is 20.0 Å². The Hall–Kier alpha value is -1.85. The number of aromatic amines is 1. The minimum absolute atomic E-state index is 0.724. The van der Waals surface area contributed by atoms with E-state index in [1.54, 1.807) is 0 Å². The summed E-state index contributed by atoms with van der Waals surface area (Å²) in [6.07, 6.45) is 3.23. The molecule has 0 bridgehead atoms. The van der Waals surface area contributed by atoms with Gasteiger partial charge in [0.25, 0.3) is 0 Å². The van der Waals surface area contributed by atoms with E-state index in [9.17, 15) is 0 Å². The lowest BCUT2D eigenvalue weighted by Crippen LogP contribution is -2.21. The second kappa shape index (κ2) is 4.44. The molecule has 0 spiro atoms. The summed E-state index contributed by atoms with van der Waals surface area (Å²) in [5.74, 6) is 1.94. The third-order valence-corrected chi connectivity index (χ3v) is 3.43. The number of nitrogens with one attached hydrogen (secondary N) is 1. The van der Waals surface area contributed by atoms with Crippen LogP contribution in [0.25, 0.3) is 0 Å². The Morgan fingerprint density at radius 3 is 2.72 bits per heavy atom. The fourth-order valence-corrected chi connectivity index (χ4v) is 2.43. The third kappa shape index (κ3) is 1.98. The van der Waals surface area contributed by atoms with Crippen LogP contribution in [-0.4, -0.2) is 38.1 Å². The molecule has 96 valence electrons. The van der Waals surface area contributed by atoms with Gasteiger partial charge in [-0.3, -0.25) is 5.10 Å². The molecule has 3 heterocycles. The predicted molar refractivity (Wildman–Crippen MR) is 68.6 cm³/mol. The monoisotopic (exact) mass is 246 g/mol. The number of aromatic nitrogens is 5. The molecule has 1 aliphatic heterocycles. The zero-order valence-corrected chi connectivity index (χ0v) is 10.8. The molecule has 2 aromatic heterocycles. The van der Waals surface area contributed by atoms with E-state index < -0.39 is 0 Å². The summed E-state index contributed by atoms with van der Waals surface area (Å²) >= 11 is 0. The number of hydrogen-bond donors (Lipinski definition) is 1. The standard InChI is InChI=1S/C12H18N6/c1-9-7-10(14-13-9)8-11-15-16-12(17(11)2)18-5-3-4-6-18/h7H,3-6,8H2,1-2H3,(H,13,14). The molecule has 0 unspecified atom stereocenters. The second-order valence-electron chi connectivity index (χ2n) is 4.89. The topological polar surface area (TPSA) is 62.6 Å². The van der Waals surface area contributed by atoms with Gasteiger partial charge in [0.05, 0.1) is 12.1 Å². The molecule has 1 fully saturated rings. The molecule has 1 aliphatic rings. The summed E-state index contributed by atoms with van der Waals surface area (Å²) in [6.45, 7) is 4.18. The molecular weight excluding hydrogens is 228 g/mol. The van der Waals surface area contributed by atoms with Gasteiger partial charge >= 0.3 is 0 Å². The first kappa shape index (κ1) is 11.3. The zero-order chi connectivity index (χ0) is 12.5. The van der Waals surface area contributed by atoms with Gasteiger partial charge in [0.15, 0.2) is 0 Å². The molecule has 3 rings (SSSR count). The smallest absolute Gasteiger partial charge is 0.226 e. The van der Waals surface area contributed by atoms with Gasteiger partial charge in [0.1, 0.15) is 5.82 Å². The Bertz CT molecular complexity index is 535. The van der Waals surface area contributed by atoms with E-state index in [0.29, 0.717) is 0 Å². The maximum Gasteiger partial charge on any atom is 0.226 e. The Kier molecular flexibility index (Phi) is 2.77. The molecule has 0 atom stereocenters. The lowest BCUT2D eigenvalue weighted by atomic mass is 10.3. The molecule has 0 amide bonds. The number of anilines is 1. The van der Waals surface area contributed by atoms with E-state index in [4.69, 9.17) is 0 Å². The summed E-state index contributed by atoms with van der Waals surface area (Å²) in [6, 6.07) is 2.05. The van der Waals surface area contributed by atoms with Crippen LogP contribution in [0, 0.1) is 6.92 Å². The SMILES string of the molecule is Cc1cc(Cc2nnc(N3CCCC3)n2C)n[nH]1. The van der Waals surface area contributed by atoms with Crippen LogP contribution in [0.2, 0.25) is 0 Å². The normalized spacial score (nSPS) is 15.6. The van der Waals surface area contributed by atoms with E-state index in [2.05, 4.69) is 29.9 Å². The molecule has 0 aliphatic carbocycles. The van der Waals surface area contributed by atoms with Crippen molar-refractivity contribution in [3.8, 4) is 0 Å². The maximum absolute atomic E-state index is 4.30. The number of H-pyrrole nitrogens is 1. The Labute approximate surface area is 106 Å². The molecule has 0 saturated carbocycles. The highest BCUT2D eigenvalue weighted by Gasteiger charge is 2.19. The number of aryl methyl sites for hydroxylation is 1. The molecule has 0 radical (unpaired) electrons. The summed E-state index contributed by atoms with van der Waals surface area (Å²) in [5.41, 5.74) is 2.09. The Morgan fingerprint density at radius 1 is 1.28 bits per heavy atom. The van der Waals surface area contributed by atoms with Crippen molar-refractivity contribution in [1.82, 2.24) is 25.0 Å². The van der Waals surface area contributed by atoms with Crippen molar-refractivity contribution in [2.24, 2.45) is 7.05 Å². The van der Waals surface area contributed by atoms with E-state index in [0.717, 1.165) is 42.7 Å². The van der Waals surface area contributed by atoms with Crippen LogP contribution >= 0.6 is 0 Å². The first-order valence-corrected chi connectivity index (χ1v) is 6.38. The minimum atomic E-state index is 0.724. The van der Waals surface area contributed by atoms with Crippen molar-refractivity contribution in [1.29, 1.82) is 0 Å². The first-order valence-electron chi connectivity index (χ1n) is 6.38. The highest BCUT2D eigenvalue weighted by atomic mass is 15.4. The number of rotatable bonds is 3. The van der Waals surface area contributed by atoms with Crippen LogP contribution in [0.5, 0.6) is 0 Å². The average Bonchev–Trinajstić information content (AvgIpc) is 3.04. The lowest BCUT2D eigenvalue weighted by Gasteiger charge is -2.15. The third-order valence-electron chi connectivity index (χ3n) is 3.43. The summed E-state index contributed by atoms with van der Waals surface area (Å²) in [7, 11) is 2.03. The highest BCUT2D eigenvalue weighted by molar-refractivity contribution is 5.32. The van der Waals surface area contributed by atoms with Crippen LogP contribution in [0.15, 0.2) is 6.07 Å². The van der Waals surface area contributed by atoms with Crippen molar-refractivity contribution < 1.29 is 0 Å². The van der Waals surface area contributed by atoms with Crippen molar-refractivity contribution in [2.75, 3.05) is 18.0 Å². The van der Waals surface area contributed by atoms with Crippen LogP contribution in [-0.2, 0) is 13.5 Å². The molecule has 0 aromatic carbocycles. The molecule has 6 nitrogen and oxygen atoms in total. The van der Waals surface area contributed by atoms with Crippen LogP contribution < -0.4 is 4.90 Å². The molecular formula is C12H18N6. The van der Waals surface area contributed by atoms with Crippen LogP contribution in [0.3, 0.4) is 0 Å². The van der Waals surface area contributed by atoms with Gasteiger partial charge in [-0.1, -0.05) is 0 Å². The summed E-state index contributed by atoms with van der Waals surface area (Å²) in [4.78, 5) is 2.30. The molecule has 1 saturated heterocycles. The minimum Gasteiger partial charge on any atom is -0.341 e. The Balaban J connectivity index is 1.80. The molecule has 18 heavy (non-hydrogen) atoms. The highest BCUT2D eigenvalue weighted by Crippen LogP contribution is 2.18. The Morgan fingerprint density at radius 2 is 2.06 bits per heavy atom. The van der Waals surface area contributed by atoms with Crippen molar-refractivity contribution in [3.05, 3.63) is 23.3 Å². The van der Waals surface area contributed by atoms with Gasteiger partial charge in [-0.25, -0.2) is 0 Å². The molecule has 1 N–H and O–H groups in total. The van der Waals surface area contributed by atoms with Crippen LogP contribution in [0.4, 0.5) is 5.95 Å². The summed E-state index contributed by atoms with van der Waals surface area (Å²) < 4.78 is 2.08. The maximum atomic E-state index is 4.30. The van der Waals surface area contributed by atoms with E-state index >= 15 is 0 Å². The first-order chi connectivity index (χ1) is 8.74. The lowest BCUT2D eigenvalue weighted by molar-refractivity contribution is 0.778. The number of hydrogen-bond acceptors (Lipinski definition) is 4. The van der Waals surface area contributed by atoms with E-state index in [-0.39, 0.29) is 0 Å². The van der Waals surface area contributed by atoms with Gasteiger partial charge in [0, 0.05) is 25.8 Å². The molecule has 2 aromatic rings. The van der Waals surface area contributed by atoms with E-state index in [1.165, 1.54) is 12.8 Å². The van der Waals surface area contributed by atoms with Gasteiger partial charge in [-0.05, 0) is 25.8 Å². The van der Waals surface area contributed by atoms with Gasteiger partial charge in [-0.2, -0.15) is 5.10 Å². The van der Waals surface area contributed by atoms with Crippen molar-refractivity contribution in [2.45, 2.75) is 26.2 Å². The predicted octanol–water partition coefficient (Wildman–Crippen LogP) is 1.04. The average molecular weight is 246 g/mol. The quantitative estimate of drug-likeness (QED) is 0.879. The number of nitrogens with zero attached hydrogens (tertiary/aromatic N) is 5. The fraction of sp³-hybridized carbons (Fsp3) is 0.583. The van der Waals surface area contributed by atoms with Crippen molar-refractivity contribution >= 4 is 5.95 Å². The fourth-order valence-electron chi connectivity index (χ4n) is 2.43. The largest absolute Gasteiger partial charge is 0.341 e. The second-order valence-corrected chi connectivity index (χ2v) is 4.89. The molecule has 6 heteroatoms. The van der Waals surface area contributed by atoms with Gasteiger partial charge in [0.2, 0.25) is 5.95 Å². The summed E-state index contributed by atoms with van der Waals surface area (Å²) in [5, 5.41) is 15.8. The van der Waals surface area contributed by atoms with Gasteiger partial charge in [-0.15, -0.1) is 10.2 Å². The van der Waals surface area contributed by atoms with Gasteiger partial charge < -0.3 is 9.47 Å². The zero-order valence-electron chi connectivity index (χ0n) is 10.8. The van der Waals surface area contributed by atoms with Crippen molar-refractivity contribution in [3.63, 3.8) is 0 Å². The van der Waals surface area contributed by atoms with Crippen LogP contribution in [0.1, 0.15) is 30.1 Å².